The molecular formula is C31H23BrFN2OP. The van der Waals surface area contributed by atoms with Crippen LogP contribution < -0.4 is 21.2 Å². The van der Waals surface area contributed by atoms with Crippen molar-refractivity contribution in [2.75, 3.05) is 5.32 Å². The lowest BCUT2D eigenvalue weighted by Crippen LogP contribution is -2.25. The molecule has 182 valence electrons. The van der Waals surface area contributed by atoms with E-state index < -0.39 is 7.05 Å². The first kappa shape index (κ1) is 24.9. The summed E-state index contributed by atoms with van der Waals surface area (Å²) in [5.74, 6) is -0.706. The minimum atomic E-state index is -2.55. The number of rotatable bonds is 6. The summed E-state index contributed by atoms with van der Waals surface area (Å²) in [5, 5.41) is 6.16. The Hall–Kier alpha value is -3.79. The normalized spacial score (nSPS) is 11.1. The van der Waals surface area contributed by atoms with Gasteiger partial charge in [0.05, 0.1) is 24.0 Å². The molecule has 0 heterocycles. The number of hydrogen-bond donors (Lipinski definition) is 1. The molecule has 5 aromatic rings. The summed E-state index contributed by atoms with van der Waals surface area (Å²) < 4.78 is 19.5. The summed E-state index contributed by atoms with van der Waals surface area (Å²) in [6.45, 7) is 0. The van der Waals surface area contributed by atoms with Gasteiger partial charge in [0.2, 0.25) is 0 Å². The van der Waals surface area contributed by atoms with Gasteiger partial charge in [0.1, 0.15) is 5.82 Å². The lowest BCUT2D eigenvalue weighted by molar-refractivity contribution is 0.102. The average molecular weight is 569 g/mol. The van der Waals surface area contributed by atoms with Crippen LogP contribution >= 0.6 is 23.0 Å². The summed E-state index contributed by atoms with van der Waals surface area (Å²) in [5.41, 5.74) is 1.51. The highest BCUT2D eigenvalue weighted by atomic mass is 79.9. The molecule has 0 saturated carbocycles. The van der Waals surface area contributed by atoms with E-state index in [1.165, 1.54) is 18.2 Å². The van der Waals surface area contributed by atoms with Crippen molar-refractivity contribution < 1.29 is 9.18 Å². The molecule has 0 bridgehead atoms. The molecule has 0 aromatic heterocycles. The summed E-state index contributed by atoms with van der Waals surface area (Å²) in [7, 11) is -2.55. The number of benzene rings is 5. The van der Waals surface area contributed by atoms with Gasteiger partial charge < -0.3 is 5.32 Å². The maximum atomic E-state index is 13.6. The second kappa shape index (κ2) is 11.1. The molecule has 0 spiro atoms. The van der Waals surface area contributed by atoms with Crippen LogP contribution in [0.25, 0.3) is 0 Å². The molecular weight excluding hydrogens is 546 g/mol. The molecule has 1 amide bonds. The predicted molar refractivity (Wildman–Crippen MR) is 156 cm³/mol. The first-order valence-corrected chi connectivity index (χ1v) is 14.3. The lowest BCUT2D eigenvalue weighted by Gasteiger charge is -2.27. The fourth-order valence-corrected chi connectivity index (χ4v) is 8.25. The molecule has 0 fully saturated rings. The molecule has 0 aliphatic heterocycles. The minimum Gasteiger partial charge on any atom is -0.321 e. The van der Waals surface area contributed by atoms with Crippen molar-refractivity contribution in [3.63, 3.8) is 0 Å². The van der Waals surface area contributed by atoms with Crippen LogP contribution in [0.15, 0.2) is 143 Å². The molecule has 1 N–H and O–H groups in total. The van der Waals surface area contributed by atoms with Crippen LogP contribution in [0.2, 0.25) is 0 Å². The summed E-state index contributed by atoms with van der Waals surface area (Å²) in [4.78, 5) is 13.5. The number of amides is 1. The fraction of sp³-hybridized carbons (Fsp3) is 0. The number of carbonyl (C=O) groups is 1. The van der Waals surface area contributed by atoms with Gasteiger partial charge in [-0.05, 0) is 46.3 Å². The van der Waals surface area contributed by atoms with Gasteiger partial charge in [-0.25, -0.2) is 4.39 Å². The van der Waals surface area contributed by atoms with Gasteiger partial charge >= 0.3 is 0 Å². The van der Waals surface area contributed by atoms with Crippen molar-refractivity contribution in [1.82, 2.24) is 0 Å². The van der Waals surface area contributed by atoms with Crippen LogP contribution in [0.4, 0.5) is 15.8 Å². The molecule has 6 heteroatoms. The third-order valence-electron chi connectivity index (χ3n) is 5.98. The van der Waals surface area contributed by atoms with Crippen molar-refractivity contribution >= 4 is 56.2 Å². The van der Waals surface area contributed by atoms with Crippen LogP contribution in [0, 0.1) is 5.82 Å². The van der Waals surface area contributed by atoms with Crippen molar-refractivity contribution in [1.29, 1.82) is 0 Å². The van der Waals surface area contributed by atoms with Crippen LogP contribution in [0.3, 0.4) is 0 Å². The second-order valence-electron chi connectivity index (χ2n) is 8.34. The van der Waals surface area contributed by atoms with Crippen LogP contribution in [-0.2, 0) is 0 Å². The standard InChI is InChI=1S/C31H23BrFN2OP/c32-28-22-23(33)20-21-30(28)34-31(36)27-18-10-11-19-29(27)35-37(24-12-4-1-5-13-24,25-14-6-2-7-15-25)26-16-8-3-9-17-26/h1-22H,(H,34,36). The number of hydrogen-bond acceptors (Lipinski definition) is 2. The van der Waals surface area contributed by atoms with Gasteiger partial charge in [0, 0.05) is 20.4 Å². The van der Waals surface area contributed by atoms with E-state index in [4.69, 9.17) is 4.74 Å². The zero-order chi connectivity index (χ0) is 25.7. The third kappa shape index (κ3) is 5.20. The fourth-order valence-electron chi connectivity index (χ4n) is 4.25. The van der Waals surface area contributed by atoms with E-state index in [0.717, 1.165) is 15.9 Å². The highest BCUT2D eigenvalue weighted by molar-refractivity contribution is 9.10. The monoisotopic (exact) mass is 568 g/mol. The van der Waals surface area contributed by atoms with E-state index in [2.05, 4.69) is 57.6 Å². The number of nitrogens with zero attached hydrogens (tertiary/aromatic N) is 1. The maximum Gasteiger partial charge on any atom is 0.257 e. The molecule has 3 nitrogen and oxygen atoms in total. The van der Waals surface area contributed by atoms with Crippen molar-refractivity contribution in [2.45, 2.75) is 0 Å². The molecule has 0 atom stereocenters. The molecule has 37 heavy (non-hydrogen) atoms. The van der Waals surface area contributed by atoms with E-state index in [1.807, 2.05) is 72.8 Å². The Kier molecular flexibility index (Phi) is 7.45. The number of anilines is 1. The Bertz CT molecular complexity index is 1490. The maximum absolute atomic E-state index is 13.6. The number of halogens is 2. The predicted octanol–water partition coefficient (Wildman–Crippen LogP) is 7.65. The molecule has 0 aliphatic rings. The topological polar surface area (TPSA) is 41.5 Å². The largest absolute Gasteiger partial charge is 0.321 e. The van der Waals surface area contributed by atoms with Gasteiger partial charge in [-0.1, -0.05) is 103 Å². The van der Waals surface area contributed by atoms with E-state index in [0.29, 0.717) is 21.4 Å². The highest BCUT2D eigenvalue weighted by Crippen LogP contribution is 2.49. The van der Waals surface area contributed by atoms with Gasteiger partial charge in [-0.15, -0.1) is 0 Å². The highest BCUT2D eigenvalue weighted by Gasteiger charge is 2.28. The lowest BCUT2D eigenvalue weighted by atomic mass is 10.1. The quantitative estimate of drug-likeness (QED) is 0.210. The molecule has 0 radical (unpaired) electrons. The first-order valence-electron chi connectivity index (χ1n) is 11.7. The van der Waals surface area contributed by atoms with E-state index in [9.17, 15) is 9.18 Å². The Balaban J connectivity index is 1.75. The van der Waals surface area contributed by atoms with Gasteiger partial charge in [-0.2, -0.15) is 0 Å². The smallest absolute Gasteiger partial charge is 0.257 e. The molecule has 0 aliphatic carbocycles. The molecule has 5 aromatic carbocycles. The van der Waals surface area contributed by atoms with Gasteiger partial charge in [0.25, 0.3) is 5.91 Å². The van der Waals surface area contributed by atoms with Crippen molar-refractivity contribution in [3.8, 4) is 0 Å². The zero-order valence-electron chi connectivity index (χ0n) is 19.8. The minimum absolute atomic E-state index is 0.320. The van der Waals surface area contributed by atoms with Crippen molar-refractivity contribution in [2.24, 2.45) is 4.74 Å². The van der Waals surface area contributed by atoms with E-state index >= 15 is 0 Å². The number of carbonyl (C=O) groups excluding carboxylic acids is 1. The van der Waals surface area contributed by atoms with Crippen LogP contribution in [-0.4, -0.2) is 5.91 Å². The number of nitrogens with one attached hydrogen (secondary N) is 1. The Labute approximate surface area is 224 Å². The van der Waals surface area contributed by atoms with Gasteiger partial charge in [0.15, 0.2) is 0 Å². The van der Waals surface area contributed by atoms with Crippen LogP contribution in [0.5, 0.6) is 0 Å². The summed E-state index contributed by atoms with van der Waals surface area (Å²) >= 11 is 3.33. The average Bonchev–Trinajstić information content (AvgIpc) is 2.95. The second-order valence-corrected chi connectivity index (χ2v) is 12.2. The first-order chi connectivity index (χ1) is 18.1. The summed E-state index contributed by atoms with van der Waals surface area (Å²) in [6, 6.07) is 42.3. The third-order valence-corrected chi connectivity index (χ3v) is 10.3. The Morgan fingerprint density at radius 3 is 1.68 bits per heavy atom. The Morgan fingerprint density at radius 2 is 1.16 bits per heavy atom. The molecule has 0 saturated heterocycles. The van der Waals surface area contributed by atoms with Gasteiger partial charge in [-0.3, -0.25) is 9.54 Å². The summed E-state index contributed by atoms with van der Waals surface area (Å²) in [6.07, 6.45) is 0. The van der Waals surface area contributed by atoms with E-state index in [-0.39, 0.29) is 11.7 Å². The zero-order valence-corrected chi connectivity index (χ0v) is 22.2. The van der Waals surface area contributed by atoms with Crippen molar-refractivity contribution in [3.05, 3.63) is 149 Å². The van der Waals surface area contributed by atoms with Crippen LogP contribution in [0.1, 0.15) is 10.4 Å². The van der Waals surface area contributed by atoms with E-state index in [1.54, 1.807) is 6.07 Å². The SMILES string of the molecule is O=C(Nc1ccc(F)cc1Br)c1ccccc1N=P(c1ccccc1)(c1ccccc1)c1ccccc1. The Morgan fingerprint density at radius 1 is 0.676 bits per heavy atom. The molecule has 5 rings (SSSR count). The molecule has 0 unspecified atom stereocenters.